The molecule has 5 aromatic rings. The Hall–Kier alpha value is -4.60. The van der Waals surface area contributed by atoms with Gasteiger partial charge in [0.2, 0.25) is 0 Å². The van der Waals surface area contributed by atoms with Crippen LogP contribution in [0, 0.1) is 0 Å². The van der Waals surface area contributed by atoms with E-state index in [0.717, 1.165) is 27.8 Å². The van der Waals surface area contributed by atoms with Crippen molar-refractivity contribution in [3.05, 3.63) is 192 Å². The lowest BCUT2D eigenvalue weighted by Gasteiger charge is -2.51. The van der Waals surface area contributed by atoms with Gasteiger partial charge < -0.3 is 52.1 Å². The molecule has 0 aliphatic carbocycles. The molecule has 326 valence electrons. The third-order valence-corrected chi connectivity index (χ3v) is 11.1. The lowest BCUT2D eigenvalue weighted by atomic mass is 9.95. The van der Waals surface area contributed by atoms with E-state index in [9.17, 15) is 0 Å². The number of rotatable bonds is 20. The van der Waals surface area contributed by atoms with Gasteiger partial charge in [-0.25, -0.2) is 0 Å². The fourth-order valence-electron chi connectivity index (χ4n) is 8.04. The van der Waals surface area contributed by atoms with Crippen molar-refractivity contribution >= 4 is 0 Å². The minimum Gasteiger partial charge on any atom is -0.374 e. The van der Waals surface area contributed by atoms with Crippen LogP contribution >= 0.6 is 0 Å². The highest BCUT2D eigenvalue weighted by Gasteiger charge is 2.55. The number of hydrogen-bond acceptors (Lipinski definition) is 11. The Kier molecular flexibility index (Phi) is 16.1. The quantitative estimate of drug-likeness (QED) is 0.0711. The number of benzene rings is 5. The van der Waals surface area contributed by atoms with Crippen molar-refractivity contribution in [3.63, 3.8) is 0 Å². The molecule has 0 amide bonds. The smallest absolute Gasteiger partial charge is 0.187 e. The predicted octanol–water partition coefficient (Wildman–Crippen LogP) is 8.13. The molecule has 0 aromatic heterocycles. The molecule has 62 heavy (non-hydrogen) atoms. The molecule has 11 heteroatoms. The first-order valence-electron chi connectivity index (χ1n) is 21.3. The van der Waals surface area contributed by atoms with Crippen molar-refractivity contribution in [2.75, 3.05) is 26.9 Å². The molecule has 8 rings (SSSR count). The number of hydrogen-bond donors (Lipinski definition) is 0. The Morgan fingerprint density at radius 1 is 0.532 bits per heavy atom. The predicted molar refractivity (Wildman–Crippen MR) is 230 cm³/mol. The van der Waals surface area contributed by atoms with Crippen LogP contribution in [0.25, 0.3) is 0 Å². The fourth-order valence-corrected chi connectivity index (χ4v) is 8.04. The van der Waals surface area contributed by atoms with Gasteiger partial charge in [0.25, 0.3) is 0 Å². The molecule has 0 bridgehead atoms. The maximum absolute atomic E-state index is 7.16. The van der Waals surface area contributed by atoms with E-state index in [1.54, 1.807) is 13.2 Å². The van der Waals surface area contributed by atoms with Gasteiger partial charge >= 0.3 is 0 Å². The summed E-state index contributed by atoms with van der Waals surface area (Å²) in [5.41, 5.74) is 4.87. The van der Waals surface area contributed by atoms with Gasteiger partial charge in [-0.15, -0.1) is 6.58 Å². The van der Waals surface area contributed by atoms with Crippen LogP contribution in [0.3, 0.4) is 0 Å². The second-order valence-electron chi connectivity index (χ2n) is 15.5. The normalized spacial score (nSPS) is 28.5. The van der Waals surface area contributed by atoms with E-state index >= 15 is 0 Å². The van der Waals surface area contributed by atoms with Gasteiger partial charge in [-0.05, 0) is 22.3 Å². The van der Waals surface area contributed by atoms with E-state index in [4.69, 9.17) is 52.1 Å². The molecule has 11 nitrogen and oxygen atoms in total. The lowest BCUT2D eigenvalue weighted by Crippen LogP contribution is -2.67. The molecular formula is C51H56O11. The van der Waals surface area contributed by atoms with Gasteiger partial charge in [-0.2, -0.15) is 0 Å². The average molecular weight is 845 g/mol. The van der Waals surface area contributed by atoms with Gasteiger partial charge in [0.1, 0.15) is 48.8 Å². The second kappa shape index (κ2) is 22.7. The van der Waals surface area contributed by atoms with Crippen molar-refractivity contribution in [1.82, 2.24) is 0 Å². The molecule has 3 saturated heterocycles. The van der Waals surface area contributed by atoms with E-state index in [-0.39, 0.29) is 33.0 Å². The summed E-state index contributed by atoms with van der Waals surface area (Å²) in [4.78, 5) is 0. The van der Waals surface area contributed by atoms with Gasteiger partial charge in [-0.3, -0.25) is 0 Å². The summed E-state index contributed by atoms with van der Waals surface area (Å²) in [7, 11) is 1.58. The third-order valence-electron chi connectivity index (χ3n) is 11.1. The molecule has 3 aliphatic rings. The zero-order chi connectivity index (χ0) is 42.4. The van der Waals surface area contributed by atoms with Crippen LogP contribution < -0.4 is 0 Å². The Morgan fingerprint density at radius 3 is 1.60 bits per heavy atom. The zero-order valence-corrected chi connectivity index (χ0v) is 35.0. The highest BCUT2D eigenvalue weighted by Crippen LogP contribution is 2.39. The van der Waals surface area contributed by atoms with Gasteiger partial charge in [0, 0.05) is 12.7 Å². The van der Waals surface area contributed by atoms with Gasteiger partial charge in [-0.1, -0.05) is 158 Å². The maximum Gasteiger partial charge on any atom is 0.187 e. The van der Waals surface area contributed by atoms with Crippen molar-refractivity contribution in [3.8, 4) is 0 Å². The summed E-state index contributed by atoms with van der Waals surface area (Å²) in [5.74, 6) is 0. The van der Waals surface area contributed by atoms with Crippen molar-refractivity contribution < 1.29 is 52.1 Å². The van der Waals surface area contributed by atoms with Crippen molar-refractivity contribution in [1.29, 1.82) is 0 Å². The zero-order valence-electron chi connectivity index (χ0n) is 35.0. The van der Waals surface area contributed by atoms with Crippen LogP contribution in [-0.4, -0.2) is 88.3 Å². The third kappa shape index (κ3) is 11.5. The largest absolute Gasteiger partial charge is 0.374 e. The maximum atomic E-state index is 7.16. The van der Waals surface area contributed by atoms with Crippen LogP contribution in [0.2, 0.25) is 0 Å². The van der Waals surface area contributed by atoms with Crippen LogP contribution in [0.5, 0.6) is 0 Å². The Balaban J connectivity index is 1.14. The van der Waals surface area contributed by atoms with E-state index in [0.29, 0.717) is 13.2 Å². The molecule has 0 spiro atoms. The van der Waals surface area contributed by atoms with Crippen LogP contribution in [-0.2, 0) is 78.5 Å². The van der Waals surface area contributed by atoms with Gasteiger partial charge in [0.05, 0.1) is 46.2 Å². The molecule has 1 unspecified atom stereocenters. The Labute approximate surface area is 364 Å². The first-order chi connectivity index (χ1) is 30.7. The van der Waals surface area contributed by atoms with Crippen molar-refractivity contribution in [2.24, 2.45) is 0 Å². The summed E-state index contributed by atoms with van der Waals surface area (Å²) in [6.45, 7) is 5.77. The topological polar surface area (TPSA) is 102 Å². The summed E-state index contributed by atoms with van der Waals surface area (Å²) in [5, 5.41) is 0. The molecule has 5 aromatic carbocycles. The summed E-state index contributed by atoms with van der Waals surface area (Å²) < 4.78 is 73.3. The highest BCUT2D eigenvalue weighted by molar-refractivity contribution is 5.18. The highest BCUT2D eigenvalue weighted by atomic mass is 16.8. The first kappa shape index (κ1) is 44.0. The fraction of sp³-hybridized carbons (Fsp3) is 0.373. The summed E-state index contributed by atoms with van der Waals surface area (Å²) in [6.07, 6.45) is -6.44. The molecule has 3 aliphatic heterocycles. The monoisotopic (exact) mass is 844 g/mol. The molecule has 0 radical (unpaired) electrons. The lowest BCUT2D eigenvalue weighted by molar-refractivity contribution is -0.398. The van der Waals surface area contributed by atoms with Crippen LogP contribution in [0.1, 0.15) is 34.1 Å². The minimum absolute atomic E-state index is 0.167. The minimum atomic E-state index is -1.05. The first-order valence-corrected chi connectivity index (χ1v) is 21.3. The number of ether oxygens (including phenoxy) is 11. The van der Waals surface area contributed by atoms with E-state index in [1.165, 1.54) is 0 Å². The number of methoxy groups -OCH3 is 1. The molecule has 0 N–H and O–H groups in total. The molecular weight excluding hydrogens is 789 g/mol. The second-order valence-corrected chi connectivity index (χ2v) is 15.5. The molecule has 0 saturated carbocycles. The van der Waals surface area contributed by atoms with Crippen molar-refractivity contribution in [2.45, 2.75) is 94.1 Å². The summed E-state index contributed by atoms with van der Waals surface area (Å²) in [6, 6.07) is 49.9. The van der Waals surface area contributed by atoms with Gasteiger partial charge in [0.15, 0.2) is 18.9 Å². The van der Waals surface area contributed by atoms with E-state index in [2.05, 4.69) is 6.58 Å². The molecule has 3 fully saturated rings. The number of fused-ring (bicyclic) bond motifs is 1. The van der Waals surface area contributed by atoms with E-state index in [1.807, 2.05) is 152 Å². The molecule has 3 heterocycles. The van der Waals surface area contributed by atoms with Crippen LogP contribution in [0.4, 0.5) is 0 Å². The average Bonchev–Trinajstić information content (AvgIpc) is 3.33. The SMILES string of the molecule is C=CCO[C@H]1[C@H]2OC(c3ccccc3)OC[C@H]2O[C@H](OC)[C@@H]1O[C@H]1O[C@H](COCc2ccccc2)[C@@H](OCc2ccccc2)[C@H](OCc2ccccc2)[C@H]1OCc1ccccc1. The summed E-state index contributed by atoms with van der Waals surface area (Å²) >= 11 is 0. The van der Waals surface area contributed by atoms with Crippen LogP contribution in [0.15, 0.2) is 164 Å². The van der Waals surface area contributed by atoms with E-state index < -0.39 is 67.7 Å². The standard InChI is InChI=1S/C51H56O11/c1-3-29-54-46-44-42(35-58-49(61-44)40-27-17-8-18-28-40)59-50(52-2)48(46)62-51-47(57-33-39-25-15-7-16-26-39)45(56-32-38-23-13-6-14-24-38)43(55-31-37-21-11-5-12-22-37)41(60-51)34-53-30-36-19-9-4-10-20-36/h3-28,41-51H,1,29-35H2,2H3/t41-,42-,43-,44+,45+,46+,47-,48-,49?,50+,51-/m1/s1. The Bertz CT molecular complexity index is 2030. The molecule has 11 atom stereocenters. The Morgan fingerprint density at radius 2 is 1.05 bits per heavy atom.